The molecule has 1 aliphatic heterocycles. The number of benzene rings is 3. The van der Waals surface area contributed by atoms with Gasteiger partial charge in [-0.3, -0.25) is 9.69 Å². The molecule has 4 rings (SSSR count). The SMILES string of the molecule is Cc1ccc(-c2ccc3c(c2)C=C(C(=O)Nc2ccc(CN(C(C)C)C(C)C)cc2)CCO3)cc1. The normalized spacial score (nSPS) is 13.3. The molecule has 35 heavy (non-hydrogen) atoms. The fourth-order valence-electron chi connectivity index (χ4n) is 4.51. The van der Waals surface area contributed by atoms with E-state index in [4.69, 9.17) is 4.74 Å². The number of carbonyl (C=O) groups excluding carboxylic acids is 1. The van der Waals surface area contributed by atoms with Crippen LogP contribution in [-0.4, -0.2) is 29.5 Å². The second-order valence-corrected chi connectivity index (χ2v) is 9.90. The van der Waals surface area contributed by atoms with E-state index in [9.17, 15) is 4.79 Å². The number of hydrogen-bond acceptors (Lipinski definition) is 3. The molecule has 1 aliphatic rings. The van der Waals surface area contributed by atoms with E-state index in [0.29, 0.717) is 25.1 Å². The Balaban J connectivity index is 1.49. The van der Waals surface area contributed by atoms with Crippen molar-refractivity contribution in [3.63, 3.8) is 0 Å². The summed E-state index contributed by atoms with van der Waals surface area (Å²) in [6.45, 7) is 12.4. The molecule has 3 aromatic rings. The van der Waals surface area contributed by atoms with Crippen LogP contribution in [0.4, 0.5) is 5.69 Å². The molecule has 182 valence electrons. The largest absolute Gasteiger partial charge is 0.493 e. The number of carbonyl (C=O) groups is 1. The average Bonchev–Trinajstić information content (AvgIpc) is 3.05. The Morgan fingerprint density at radius 1 is 0.914 bits per heavy atom. The van der Waals surface area contributed by atoms with Crippen LogP contribution in [0, 0.1) is 6.92 Å². The van der Waals surface area contributed by atoms with Crippen molar-refractivity contribution in [2.75, 3.05) is 11.9 Å². The third-order valence-electron chi connectivity index (χ3n) is 6.55. The molecule has 0 bridgehead atoms. The van der Waals surface area contributed by atoms with Crippen LogP contribution in [0.15, 0.2) is 72.3 Å². The van der Waals surface area contributed by atoms with Crippen LogP contribution in [0.5, 0.6) is 5.75 Å². The Hall–Kier alpha value is -3.37. The van der Waals surface area contributed by atoms with Gasteiger partial charge in [0, 0.05) is 41.9 Å². The van der Waals surface area contributed by atoms with E-state index in [1.165, 1.54) is 11.1 Å². The van der Waals surface area contributed by atoms with Gasteiger partial charge < -0.3 is 10.1 Å². The number of amides is 1. The predicted molar refractivity (Wildman–Crippen MR) is 146 cm³/mol. The highest BCUT2D eigenvalue weighted by molar-refractivity contribution is 6.07. The molecule has 1 heterocycles. The highest BCUT2D eigenvalue weighted by atomic mass is 16.5. The summed E-state index contributed by atoms with van der Waals surface area (Å²) in [7, 11) is 0. The first kappa shape index (κ1) is 24.7. The molecule has 0 aliphatic carbocycles. The Bertz CT molecular complexity index is 1180. The van der Waals surface area contributed by atoms with Crippen molar-refractivity contribution in [1.29, 1.82) is 0 Å². The fraction of sp³-hybridized carbons (Fsp3) is 0.323. The standard InChI is InChI=1S/C31H36N2O2/c1-21(2)33(22(3)4)20-24-8-13-29(14-9-24)32-31(34)27-16-17-35-30-15-12-26(18-28(30)19-27)25-10-6-23(5)7-11-25/h6-15,18-19,21-22H,16-17,20H2,1-5H3,(H,32,34). The maximum Gasteiger partial charge on any atom is 0.251 e. The number of rotatable bonds is 7. The molecule has 0 aromatic heterocycles. The topological polar surface area (TPSA) is 41.6 Å². The van der Waals surface area contributed by atoms with E-state index < -0.39 is 0 Å². The zero-order chi connectivity index (χ0) is 24.9. The zero-order valence-electron chi connectivity index (χ0n) is 21.5. The van der Waals surface area contributed by atoms with Gasteiger partial charge in [0.15, 0.2) is 0 Å². The number of aryl methyl sites for hydroxylation is 1. The third-order valence-corrected chi connectivity index (χ3v) is 6.55. The summed E-state index contributed by atoms with van der Waals surface area (Å²) in [6.07, 6.45) is 2.53. The molecule has 0 atom stereocenters. The van der Waals surface area contributed by atoms with Gasteiger partial charge in [-0.05, 0) is 81.7 Å². The van der Waals surface area contributed by atoms with Gasteiger partial charge in [-0.25, -0.2) is 0 Å². The Morgan fingerprint density at radius 2 is 1.57 bits per heavy atom. The lowest BCUT2D eigenvalue weighted by molar-refractivity contribution is -0.113. The van der Waals surface area contributed by atoms with Crippen molar-refractivity contribution in [3.8, 4) is 16.9 Å². The van der Waals surface area contributed by atoms with Gasteiger partial charge in [0.05, 0.1) is 6.61 Å². The summed E-state index contributed by atoms with van der Waals surface area (Å²) in [5.41, 5.74) is 7.19. The van der Waals surface area contributed by atoms with Crippen LogP contribution in [0.2, 0.25) is 0 Å². The summed E-state index contributed by atoms with van der Waals surface area (Å²) >= 11 is 0. The molecular formula is C31H36N2O2. The fourth-order valence-corrected chi connectivity index (χ4v) is 4.51. The van der Waals surface area contributed by atoms with Gasteiger partial charge in [-0.2, -0.15) is 0 Å². The second kappa shape index (κ2) is 10.9. The highest BCUT2D eigenvalue weighted by Crippen LogP contribution is 2.31. The lowest BCUT2D eigenvalue weighted by Gasteiger charge is -2.30. The highest BCUT2D eigenvalue weighted by Gasteiger charge is 2.17. The number of nitrogens with zero attached hydrogens (tertiary/aromatic N) is 1. The van der Waals surface area contributed by atoms with E-state index in [1.807, 2.05) is 24.3 Å². The number of hydrogen-bond donors (Lipinski definition) is 1. The molecule has 4 heteroatoms. The van der Waals surface area contributed by atoms with Crippen LogP contribution in [0.25, 0.3) is 17.2 Å². The van der Waals surface area contributed by atoms with E-state index in [1.54, 1.807) is 0 Å². The van der Waals surface area contributed by atoms with Crippen molar-refractivity contribution >= 4 is 17.7 Å². The van der Waals surface area contributed by atoms with Crippen molar-refractivity contribution in [1.82, 2.24) is 4.90 Å². The van der Waals surface area contributed by atoms with E-state index in [-0.39, 0.29) is 5.91 Å². The van der Waals surface area contributed by atoms with Gasteiger partial charge in [0.25, 0.3) is 5.91 Å². The maximum absolute atomic E-state index is 13.1. The molecule has 0 fully saturated rings. The number of fused-ring (bicyclic) bond motifs is 1. The monoisotopic (exact) mass is 468 g/mol. The first-order chi connectivity index (χ1) is 16.8. The van der Waals surface area contributed by atoms with Crippen molar-refractivity contribution < 1.29 is 9.53 Å². The minimum absolute atomic E-state index is 0.0825. The van der Waals surface area contributed by atoms with Crippen LogP contribution in [0.3, 0.4) is 0 Å². The Labute approximate surface area is 209 Å². The first-order valence-corrected chi connectivity index (χ1v) is 12.5. The first-order valence-electron chi connectivity index (χ1n) is 12.5. The van der Waals surface area contributed by atoms with Gasteiger partial charge in [0.2, 0.25) is 0 Å². The van der Waals surface area contributed by atoms with Gasteiger partial charge >= 0.3 is 0 Å². The van der Waals surface area contributed by atoms with Crippen LogP contribution < -0.4 is 10.1 Å². The molecule has 3 aromatic carbocycles. The van der Waals surface area contributed by atoms with Crippen LogP contribution in [0.1, 0.15) is 50.8 Å². The molecule has 0 radical (unpaired) electrons. The van der Waals surface area contributed by atoms with Crippen molar-refractivity contribution in [2.24, 2.45) is 0 Å². The molecule has 0 saturated heterocycles. The van der Waals surface area contributed by atoms with Gasteiger partial charge in [-0.1, -0.05) is 48.0 Å². The smallest absolute Gasteiger partial charge is 0.251 e. The molecule has 1 N–H and O–H groups in total. The summed E-state index contributed by atoms with van der Waals surface area (Å²) in [6, 6.07) is 23.8. The Kier molecular flexibility index (Phi) is 7.72. The maximum atomic E-state index is 13.1. The van der Waals surface area contributed by atoms with Crippen molar-refractivity contribution in [3.05, 3.63) is 89.0 Å². The van der Waals surface area contributed by atoms with Crippen LogP contribution >= 0.6 is 0 Å². The van der Waals surface area contributed by atoms with E-state index in [2.05, 4.69) is 93.4 Å². The quantitative estimate of drug-likeness (QED) is 0.403. The second-order valence-electron chi connectivity index (χ2n) is 9.90. The van der Waals surface area contributed by atoms with Crippen molar-refractivity contribution in [2.45, 2.75) is 59.7 Å². The average molecular weight is 469 g/mol. The Morgan fingerprint density at radius 3 is 2.23 bits per heavy atom. The van der Waals surface area contributed by atoms with Crippen LogP contribution in [-0.2, 0) is 11.3 Å². The number of nitrogens with one attached hydrogen (secondary N) is 1. The predicted octanol–water partition coefficient (Wildman–Crippen LogP) is 7.09. The number of ether oxygens (including phenoxy) is 1. The summed E-state index contributed by atoms with van der Waals surface area (Å²) < 4.78 is 5.94. The zero-order valence-corrected chi connectivity index (χ0v) is 21.5. The third kappa shape index (κ3) is 6.20. The lowest BCUT2D eigenvalue weighted by atomic mass is 10.00. The van der Waals surface area contributed by atoms with E-state index in [0.717, 1.165) is 40.2 Å². The van der Waals surface area contributed by atoms with Gasteiger partial charge in [0.1, 0.15) is 5.75 Å². The summed E-state index contributed by atoms with van der Waals surface area (Å²) in [4.78, 5) is 15.6. The number of anilines is 1. The molecular weight excluding hydrogens is 432 g/mol. The molecule has 0 saturated carbocycles. The summed E-state index contributed by atoms with van der Waals surface area (Å²) in [5, 5.41) is 3.07. The van der Waals surface area contributed by atoms with E-state index >= 15 is 0 Å². The molecule has 1 amide bonds. The summed E-state index contributed by atoms with van der Waals surface area (Å²) in [5.74, 6) is 0.730. The molecule has 0 spiro atoms. The lowest BCUT2D eigenvalue weighted by Crippen LogP contribution is -2.36. The molecule has 0 unspecified atom stereocenters. The minimum atomic E-state index is -0.0825. The van der Waals surface area contributed by atoms with Gasteiger partial charge in [-0.15, -0.1) is 0 Å². The minimum Gasteiger partial charge on any atom is -0.493 e. The molecule has 4 nitrogen and oxygen atoms in total.